The molecule has 0 aliphatic rings. The van der Waals surface area contributed by atoms with Gasteiger partial charge in [0.25, 0.3) is 0 Å². The standard InChI is InChI=1S/C56H35F2N3/c57-42-14-10-20-46(34-42)59(44-16-6-2-7-17-44)48-24-22-37-28-50-52-30-41(36-12-4-1-5-13-36)31-53-51-29-38-23-25-49(60(45-18-8-3-9-19-45)47-21-11-15-43(58)35-47)27-40(38)33-55(51)61(56(52)53)54(50)32-39(37)26-48/h1-35H. The Morgan fingerprint density at radius 2 is 0.721 bits per heavy atom. The molecule has 12 rings (SSSR count). The highest BCUT2D eigenvalue weighted by molar-refractivity contribution is 6.27. The Kier molecular flexibility index (Phi) is 7.91. The third kappa shape index (κ3) is 5.77. The quantitative estimate of drug-likeness (QED) is 0.159. The SMILES string of the molecule is Fc1cccc(N(c2ccccc2)c2ccc3cc4c5cc(-c6ccccc6)cc6c7cc8ccc(N(c9ccccc9)c9cccc(F)c9)cc8cc7n(c4cc3c2)c56)c1. The zero-order chi connectivity index (χ0) is 40.6. The van der Waals surface area contributed by atoms with Crippen molar-refractivity contribution in [2.75, 3.05) is 9.80 Å². The summed E-state index contributed by atoms with van der Waals surface area (Å²) >= 11 is 0. The Bertz CT molecular complexity index is 3400. The van der Waals surface area contributed by atoms with Crippen LogP contribution in [0.15, 0.2) is 212 Å². The second kappa shape index (κ2) is 13.8. The van der Waals surface area contributed by atoms with Crippen molar-refractivity contribution in [1.29, 1.82) is 0 Å². The molecule has 0 atom stereocenters. The Hall–Kier alpha value is -8.02. The van der Waals surface area contributed by atoms with Crippen molar-refractivity contribution in [3.05, 3.63) is 224 Å². The van der Waals surface area contributed by atoms with Crippen molar-refractivity contribution in [2.45, 2.75) is 0 Å². The monoisotopic (exact) mass is 787 g/mol. The molecule has 0 aliphatic heterocycles. The molecular weight excluding hydrogens is 753 g/mol. The van der Waals surface area contributed by atoms with Gasteiger partial charge in [0.05, 0.1) is 16.6 Å². The predicted molar refractivity (Wildman–Crippen MR) is 251 cm³/mol. The summed E-state index contributed by atoms with van der Waals surface area (Å²) in [5.41, 5.74) is 11.0. The zero-order valence-corrected chi connectivity index (χ0v) is 32.8. The maximum atomic E-state index is 14.7. The molecule has 0 saturated carbocycles. The molecule has 2 aromatic heterocycles. The van der Waals surface area contributed by atoms with Crippen LogP contribution in [0, 0.1) is 11.6 Å². The van der Waals surface area contributed by atoms with Gasteiger partial charge < -0.3 is 14.2 Å². The number of nitrogens with zero attached hydrogens (tertiary/aromatic N) is 3. The van der Waals surface area contributed by atoms with E-state index in [4.69, 9.17) is 0 Å². The smallest absolute Gasteiger partial charge is 0.125 e. The summed E-state index contributed by atoms with van der Waals surface area (Å²) in [4.78, 5) is 4.21. The van der Waals surface area contributed by atoms with Crippen LogP contribution < -0.4 is 9.80 Å². The van der Waals surface area contributed by atoms with Crippen molar-refractivity contribution >= 4 is 93.8 Å². The van der Waals surface area contributed by atoms with Gasteiger partial charge in [0.2, 0.25) is 0 Å². The number of fused-ring (bicyclic) bond motifs is 8. The molecule has 0 unspecified atom stereocenters. The Morgan fingerprint density at radius 1 is 0.295 bits per heavy atom. The first kappa shape index (κ1) is 35.0. The van der Waals surface area contributed by atoms with E-state index in [1.807, 2.05) is 72.8 Å². The van der Waals surface area contributed by atoms with Crippen molar-refractivity contribution in [3.8, 4) is 11.1 Å². The van der Waals surface area contributed by atoms with Crippen LogP contribution in [0.1, 0.15) is 0 Å². The predicted octanol–water partition coefficient (Wildman–Crippen LogP) is 16.0. The highest BCUT2D eigenvalue weighted by Gasteiger charge is 2.22. The summed E-state index contributed by atoms with van der Waals surface area (Å²) < 4.78 is 31.9. The van der Waals surface area contributed by atoms with Gasteiger partial charge in [-0.05, 0) is 154 Å². The highest BCUT2D eigenvalue weighted by atomic mass is 19.1. The molecular formula is C56H35F2N3. The molecule has 288 valence electrons. The van der Waals surface area contributed by atoms with E-state index in [1.54, 1.807) is 24.3 Å². The minimum atomic E-state index is -0.283. The lowest BCUT2D eigenvalue weighted by atomic mass is 9.97. The molecule has 2 heterocycles. The van der Waals surface area contributed by atoms with Crippen LogP contribution in [0.2, 0.25) is 0 Å². The van der Waals surface area contributed by atoms with Gasteiger partial charge in [-0.1, -0.05) is 91.0 Å². The summed E-state index contributed by atoms with van der Waals surface area (Å²) in [7, 11) is 0. The summed E-state index contributed by atoms with van der Waals surface area (Å²) in [6, 6.07) is 71.3. The molecule has 3 nitrogen and oxygen atoms in total. The fourth-order valence-corrected chi connectivity index (χ4v) is 9.36. The van der Waals surface area contributed by atoms with E-state index in [2.05, 4.69) is 117 Å². The normalized spacial score (nSPS) is 11.8. The van der Waals surface area contributed by atoms with Crippen LogP contribution in [0.25, 0.3) is 70.8 Å². The van der Waals surface area contributed by atoms with Crippen LogP contribution in [0.4, 0.5) is 42.9 Å². The van der Waals surface area contributed by atoms with Crippen LogP contribution >= 0.6 is 0 Å². The summed E-state index contributed by atoms with van der Waals surface area (Å²) in [6.07, 6.45) is 0. The largest absolute Gasteiger partial charge is 0.310 e. The molecule has 12 aromatic rings. The number of hydrogen-bond donors (Lipinski definition) is 0. The van der Waals surface area contributed by atoms with Gasteiger partial charge in [-0.15, -0.1) is 0 Å². The second-order valence-electron chi connectivity index (χ2n) is 15.7. The van der Waals surface area contributed by atoms with Gasteiger partial charge in [0.15, 0.2) is 0 Å². The van der Waals surface area contributed by atoms with E-state index in [1.165, 1.54) is 50.3 Å². The average Bonchev–Trinajstić information content (AvgIpc) is 3.79. The first-order valence-electron chi connectivity index (χ1n) is 20.5. The molecule has 61 heavy (non-hydrogen) atoms. The minimum absolute atomic E-state index is 0.283. The maximum Gasteiger partial charge on any atom is 0.125 e. The van der Waals surface area contributed by atoms with Crippen LogP contribution in [0.3, 0.4) is 0 Å². The molecule has 0 aliphatic carbocycles. The third-order valence-corrected chi connectivity index (χ3v) is 12.1. The molecule has 10 aromatic carbocycles. The van der Waals surface area contributed by atoms with E-state index in [-0.39, 0.29) is 11.6 Å². The van der Waals surface area contributed by atoms with Gasteiger partial charge in [-0.25, -0.2) is 8.78 Å². The average molecular weight is 788 g/mol. The van der Waals surface area contributed by atoms with E-state index in [0.717, 1.165) is 66.7 Å². The van der Waals surface area contributed by atoms with Crippen molar-refractivity contribution in [1.82, 2.24) is 4.40 Å². The van der Waals surface area contributed by atoms with E-state index >= 15 is 0 Å². The van der Waals surface area contributed by atoms with Gasteiger partial charge in [0.1, 0.15) is 11.6 Å². The summed E-state index contributed by atoms with van der Waals surface area (Å²) in [6.45, 7) is 0. The summed E-state index contributed by atoms with van der Waals surface area (Å²) in [5.74, 6) is -0.566. The minimum Gasteiger partial charge on any atom is -0.310 e. The van der Waals surface area contributed by atoms with E-state index < -0.39 is 0 Å². The molecule has 0 amide bonds. The topological polar surface area (TPSA) is 10.9 Å². The molecule has 0 N–H and O–H groups in total. The lowest BCUT2D eigenvalue weighted by Crippen LogP contribution is -2.10. The Labute approximate surface area is 350 Å². The summed E-state index contributed by atoms with van der Waals surface area (Å²) in [5, 5.41) is 9.16. The highest BCUT2D eigenvalue weighted by Crippen LogP contribution is 2.46. The number of rotatable bonds is 7. The molecule has 0 spiro atoms. The first-order chi connectivity index (χ1) is 30.0. The first-order valence-corrected chi connectivity index (χ1v) is 20.5. The third-order valence-electron chi connectivity index (χ3n) is 12.1. The maximum absolute atomic E-state index is 14.7. The van der Waals surface area contributed by atoms with Crippen molar-refractivity contribution in [3.63, 3.8) is 0 Å². The number of aromatic nitrogens is 1. The number of halogens is 2. The number of hydrogen-bond acceptors (Lipinski definition) is 2. The second-order valence-corrected chi connectivity index (χ2v) is 15.7. The number of anilines is 6. The van der Waals surface area contributed by atoms with Gasteiger partial charge >= 0.3 is 0 Å². The molecule has 0 fully saturated rings. The lowest BCUT2D eigenvalue weighted by molar-refractivity contribution is 0.627. The number of benzene rings is 10. The van der Waals surface area contributed by atoms with Crippen LogP contribution in [-0.4, -0.2) is 4.40 Å². The lowest BCUT2D eigenvalue weighted by Gasteiger charge is -2.26. The van der Waals surface area contributed by atoms with E-state index in [0.29, 0.717) is 0 Å². The fourth-order valence-electron chi connectivity index (χ4n) is 9.36. The molecule has 0 radical (unpaired) electrons. The Morgan fingerprint density at radius 3 is 1.18 bits per heavy atom. The van der Waals surface area contributed by atoms with Crippen LogP contribution in [0.5, 0.6) is 0 Å². The zero-order valence-electron chi connectivity index (χ0n) is 32.8. The van der Waals surface area contributed by atoms with E-state index in [9.17, 15) is 8.78 Å². The van der Waals surface area contributed by atoms with Crippen molar-refractivity contribution in [2.24, 2.45) is 0 Å². The Balaban J connectivity index is 1.11. The molecule has 0 bridgehead atoms. The van der Waals surface area contributed by atoms with Gasteiger partial charge in [-0.2, -0.15) is 0 Å². The molecule has 5 heteroatoms. The van der Waals surface area contributed by atoms with Crippen molar-refractivity contribution < 1.29 is 8.78 Å². The van der Waals surface area contributed by atoms with Gasteiger partial charge in [0, 0.05) is 55.7 Å². The number of para-hydroxylation sites is 2. The molecule has 0 saturated heterocycles. The fraction of sp³-hybridized carbons (Fsp3) is 0. The van der Waals surface area contributed by atoms with Crippen LogP contribution in [-0.2, 0) is 0 Å². The van der Waals surface area contributed by atoms with Gasteiger partial charge in [-0.3, -0.25) is 0 Å².